The van der Waals surface area contributed by atoms with Crippen LogP contribution in [0.4, 0.5) is 11.6 Å². The number of rotatable bonds is 5. The summed E-state index contributed by atoms with van der Waals surface area (Å²) in [4.78, 5) is 8.56. The van der Waals surface area contributed by atoms with Crippen LogP contribution in [-0.2, 0) is 16.8 Å². The van der Waals surface area contributed by atoms with Crippen LogP contribution >= 0.6 is 0 Å². The van der Waals surface area contributed by atoms with Crippen molar-refractivity contribution in [2.75, 3.05) is 10.5 Å². The molecule has 0 aliphatic carbocycles. The van der Waals surface area contributed by atoms with E-state index in [9.17, 15) is 8.42 Å². The Hall–Kier alpha value is -3.57. The fourth-order valence-corrected chi connectivity index (χ4v) is 3.21. The van der Waals surface area contributed by atoms with Gasteiger partial charge in [0.2, 0.25) is 5.95 Å². The lowest BCUT2D eigenvalue weighted by Crippen LogP contribution is -2.10. The topological polar surface area (TPSA) is 149 Å². The second-order valence-corrected chi connectivity index (χ2v) is 7.14. The van der Waals surface area contributed by atoms with E-state index in [-0.39, 0.29) is 11.6 Å². The van der Waals surface area contributed by atoms with Crippen LogP contribution in [0.3, 0.4) is 0 Å². The third-order valence-electron chi connectivity index (χ3n) is 3.96. The maximum Gasteiger partial charge on any atom is 0.357 e. The summed E-state index contributed by atoms with van der Waals surface area (Å²) in [5.41, 5.74) is 9.43. The van der Waals surface area contributed by atoms with Crippen molar-refractivity contribution >= 4 is 33.1 Å². The summed E-state index contributed by atoms with van der Waals surface area (Å²) in [6, 6.07) is 16.0. The summed E-state index contributed by atoms with van der Waals surface area (Å²) in [6.07, 6.45) is 0. The van der Waals surface area contributed by atoms with E-state index in [1.807, 2.05) is 35.1 Å². The molecule has 0 saturated carbocycles. The Labute approximate surface area is 159 Å². The molecule has 0 atom stereocenters. The summed E-state index contributed by atoms with van der Waals surface area (Å²) in [6.45, 7) is 0.341. The Bertz CT molecular complexity index is 1240. The van der Waals surface area contributed by atoms with E-state index in [1.54, 1.807) is 16.8 Å². The standard InChI is InChI=1S/C17H15N7O3S/c18-17-19-14(12-4-2-1-3-5-12)15-16(20-17)24(23-21-15)10-11-6-8-13(9-7-11)22-28(25,26)27/h1-9,22H,10H2,(H2,18,19,20)(H,25,26,27). The van der Waals surface area contributed by atoms with E-state index in [0.29, 0.717) is 23.4 Å². The van der Waals surface area contributed by atoms with Crippen LogP contribution in [0.2, 0.25) is 0 Å². The minimum Gasteiger partial charge on any atom is -0.368 e. The summed E-state index contributed by atoms with van der Waals surface area (Å²) < 4.78 is 34.1. The van der Waals surface area contributed by atoms with E-state index in [2.05, 4.69) is 20.3 Å². The third-order valence-corrected chi connectivity index (χ3v) is 4.45. The monoisotopic (exact) mass is 397 g/mol. The largest absolute Gasteiger partial charge is 0.368 e. The molecule has 2 aromatic carbocycles. The number of nitrogens with one attached hydrogen (secondary N) is 1. The van der Waals surface area contributed by atoms with Crippen molar-refractivity contribution in [1.82, 2.24) is 25.0 Å². The zero-order chi connectivity index (χ0) is 19.7. The molecule has 142 valence electrons. The number of benzene rings is 2. The van der Waals surface area contributed by atoms with Gasteiger partial charge in [-0.15, -0.1) is 5.10 Å². The highest BCUT2D eigenvalue weighted by molar-refractivity contribution is 7.87. The fourth-order valence-electron chi connectivity index (χ4n) is 2.78. The van der Waals surface area contributed by atoms with Gasteiger partial charge in [-0.3, -0.25) is 9.27 Å². The molecule has 2 aromatic heterocycles. The van der Waals surface area contributed by atoms with E-state index in [1.165, 1.54) is 12.1 Å². The lowest BCUT2D eigenvalue weighted by Gasteiger charge is -2.06. The van der Waals surface area contributed by atoms with Crippen molar-refractivity contribution in [3.63, 3.8) is 0 Å². The molecular formula is C17H15N7O3S. The Balaban J connectivity index is 1.68. The Morgan fingerprint density at radius 2 is 1.75 bits per heavy atom. The molecule has 4 N–H and O–H groups in total. The molecule has 0 aliphatic heterocycles. The van der Waals surface area contributed by atoms with Crippen molar-refractivity contribution < 1.29 is 13.0 Å². The van der Waals surface area contributed by atoms with Crippen LogP contribution in [-0.4, -0.2) is 37.9 Å². The average molecular weight is 397 g/mol. The Kier molecular flexibility index (Phi) is 4.37. The molecule has 0 bridgehead atoms. The van der Waals surface area contributed by atoms with Gasteiger partial charge in [0, 0.05) is 5.56 Å². The number of anilines is 2. The summed E-state index contributed by atoms with van der Waals surface area (Å²) in [5.74, 6) is 0.114. The quantitative estimate of drug-likeness (QED) is 0.431. The third kappa shape index (κ3) is 3.75. The van der Waals surface area contributed by atoms with E-state index in [4.69, 9.17) is 10.3 Å². The molecule has 0 unspecified atom stereocenters. The molecule has 2 heterocycles. The lowest BCUT2D eigenvalue weighted by atomic mass is 10.1. The molecular weight excluding hydrogens is 382 g/mol. The minimum absolute atomic E-state index is 0.114. The lowest BCUT2D eigenvalue weighted by molar-refractivity contribution is 0.489. The zero-order valence-electron chi connectivity index (χ0n) is 14.4. The van der Waals surface area contributed by atoms with Crippen LogP contribution in [0.15, 0.2) is 54.6 Å². The van der Waals surface area contributed by atoms with Gasteiger partial charge in [0.25, 0.3) is 0 Å². The normalized spacial score (nSPS) is 11.6. The molecule has 0 radical (unpaired) electrons. The summed E-state index contributed by atoms with van der Waals surface area (Å²) in [5, 5.41) is 8.36. The first-order chi connectivity index (χ1) is 13.4. The highest BCUT2D eigenvalue weighted by Gasteiger charge is 2.15. The number of nitrogens with zero attached hydrogens (tertiary/aromatic N) is 5. The van der Waals surface area contributed by atoms with Crippen molar-refractivity contribution in [3.8, 4) is 11.3 Å². The van der Waals surface area contributed by atoms with Crippen LogP contribution in [0.5, 0.6) is 0 Å². The van der Waals surface area contributed by atoms with Crippen molar-refractivity contribution in [1.29, 1.82) is 0 Å². The van der Waals surface area contributed by atoms with Gasteiger partial charge < -0.3 is 5.73 Å². The Morgan fingerprint density at radius 1 is 1.04 bits per heavy atom. The van der Waals surface area contributed by atoms with Gasteiger partial charge in [0.05, 0.1) is 12.2 Å². The second kappa shape index (κ2) is 6.87. The molecule has 4 rings (SSSR count). The van der Waals surface area contributed by atoms with Crippen LogP contribution in [0.1, 0.15) is 5.56 Å². The number of hydrogen-bond donors (Lipinski definition) is 3. The molecule has 0 fully saturated rings. The number of nitrogen functional groups attached to an aromatic ring is 1. The van der Waals surface area contributed by atoms with Crippen molar-refractivity contribution in [2.24, 2.45) is 0 Å². The first-order valence-corrected chi connectivity index (χ1v) is 9.59. The van der Waals surface area contributed by atoms with Crippen LogP contribution in [0, 0.1) is 0 Å². The molecule has 10 nitrogen and oxygen atoms in total. The predicted octanol–water partition coefficient (Wildman–Crippen LogP) is 1.73. The van der Waals surface area contributed by atoms with Crippen molar-refractivity contribution in [2.45, 2.75) is 6.54 Å². The van der Waals surface area contributed by atoms with E-state index < -0.39 is 10.3 Å². The van der Waals surface area contributed by atoms with Gasteiger partial charge in [0.1, 0.15) is 5.69 Å². The number of fused-ring (bicyclic) bond motifs is 1. The fraction of sp³-hybridized carbons (Fsp3) is 0.0588. The minimum atomic E-state index is -4.31. The predicted molar refractivity (Wildman–Crippen MR) is 104 cm³/mol. The molecule has 0 amide bonds. The maximum absolute atomic E-state index is 10.9. The Morgan fingerprint density at radius 3 is 2.43 bits per heavy atom. The van der Waals surface area contributed by atoms with E-state index in [0.717, 1.165) is 11.1 Å². The first-order valence-electron chi connectivity index (χ1n) is 8.15. The van der Waals surface area contributed by atoms with Gasteiger partial charge in [-0.1, -0.05) is 47.7 Å². The van der Waals surface area contributed by atoms with Gasteiger partial charge in [-0.05, 0) is 17.7 Å². The van der Waals surface area contributed by atoms with Gasteiger partial charge in [-0.25, -0.2) is 9.67 Å². The zero-order valence-corrected chi connectivity index (χ0v) is 15.2. The summed E-state index contributed by atoms with van der Waals surface area (Å²) in [7, 11) is -4.31. The van der Waals surface area contributed by atoms with E-state index >= 15 is 0 Å². The molecule has 11 heteroatoms. The number of nitrogens with two attached hydrogens (primary N) is 1. The number of aromatic nitrogens is 5. The van der Waals surface area contributed by atoms with Crippen molar-refractivity contribution in [3.05, 3.63) is 60.2 Å². The highest BCUT2D eigenvalue weighted by atomic mass is 32.2. The first kappa shape index (κ1) is 17.8. The van der Waals surface area contributed by atoms with Gasteiger partial charge in [-0.2, -0.15) is 13.4 Å². The second-order valence-electron chi connectivity index (χ2n) is 5.99. The SMILES string of the molecule is Nc1nc(-c2ccccc2)c2nnn(Cc3ccc(NS(=O)(=O)O)cc3)c2n1. The molecule has 28 heavy (non-hydrogen) atoms. The molecule has 4 aromatic rings. The van der Waals surface area contributed by atoms with Gasteiger partial charge in [0.15, 0.2) is 11.2 Å². The summed E-state index contributed by atoms with van der Waals surface area (Å²) >= 11 is 0. The average Bonchev–Trinajstić information content (AvgIpc) is 3.05. The smallest absolute Gasteiger partial charge is 0.357 e. The highest BCUT2D eigenvalue weighted by Crippen LogP contribution is 2.25. The van der Waals surface area contributed by atoms with Gasteiger partial charge >= 0.3 is 10.3 Å². The number of hydrogen-bond acceptors (Lipinski definition) is 7. The maximum atomic E-state index is 10.9. The molecule has 0 spiro atoms. The molecule has 0 saturated heterocycles. The van der Waals surface area contributed by atoms with Crippen LogP contribution < -0.4 is 10.5 Å². The van der Waals surface area contributed by atoms with Crippen LogP contribution in [0.25, 0.3) is 22.4 Å². The molecule has 0 aliphatic rings.